The van der Waals surface area contributed by atoms with Crippen molar-refractivity contribution in [2.24, 2.45) is 0 Å². The van der Waals surface area contributed by atoms with Gasteiger partial charge in [-0.15, -0.1) is 0 Å². The number of hydrogen-bond acceptors (Lipinski definition) is 7. The zero-order valence-electron chi connectivity index (χ0n) is 19.0. The number of aliphatic hydroxyl groups excluding tert-OH is 1. The van der Waals surface area contributed by atoms with Crippen molar-refractivity contribution >= 4 is 15.9 Å². The third-order valence-corrected chi connectivity index (χ3v) is 7.94. The minimum absolute atomic E-state index is 0.00255. The van der Waals surface area contributed by atoms with Crippen molar-refractivity contribution in [1.29, 1.82) is 0 Å². The summed E-state index contributed by atoms with van der Waals surface area (Å²) in [7, 11) is -2.37. The van der Waals surface area contributed by atoms with Crippen LogP contribution in [-0.2, 0) is 24.3 Å². The molecule has 2 aromatic carbocycles. The first-order chi connectivity index (χ1) is 16.4. The molecule has 0 unspecified atom stereocenters. The summed E-state index contributed by atoms with van der Waals surface area (Å²) in [6, 6.07) is 14.9. The number of nitrogens with zero attached hydrogens (tertiary/aromatic N) is 1. The normalized spacial score (nSPS) is 26.1. The number of nitrogens with one attached hydrogen (secondary N) is 1. The van der Waals surface area contributed by atoms with Crippen molar-refractivity contribution in [2.75, 3.05) is 26.8 Å². The topological polar surface area (TPSA) is 114 Å². The highest BCUT2D eigenvalue weighted by Gasteiger charge is 2.43. The van der Waals surface area contributed by atoms with Crippen LogP contribution in [0.15, 0.2) is 59.5 Å². The van der Waals surface area contributed by atoms with E-state index in [1.165, 1.54) is 16.4 Å². The molecule has 0 spiro atoms. The van der Waals surface area contributed by atoms with Crippen molar-refractivity contribution in [1.82, 2.24) is 9.62 Å². The van der Waals surface area contributed by atoms with Gasteiger partial charge in [-0.2, -0.15) is 4.31 Å². The van der Waals surface area contributed by atoms with Crippen LogP contribution in [0, 0.1) is 0 Å². The van der Waals surface area contributed by atoms with Gasteiger partial charge in [0.25, 0.3) is 0 Å². The Labute approximate surface area is 199 Å². The molecule has 2 aliphatic heterocycles. The molecule has 4 atom stereocenters. The molecule has 2 fully saturated rings. The van der Waals surface area contributed by atoms with E-state index in [2.05, 4.69) is 5.32 Å². The maximum atomic E-state index is 13.6. The summed E-state index contributed by atoms with van der Waals surface area (Å²) < 4.78 is 46.0. The number of carbonyl (C=O) groups excluding carboxylic acids is 1. The lowest BCUT2D eigenvalue weighted by atomic mass is 9.96. The molecule has 2 aromatic rings. The molecule has 0 aromatic heterocycles. The number of amides is 1. The summed E-state index contributed by atoms with van der Waals surface area (Å²) in [5, 5.41) is 12.9. The molecule has 2 heterocycles. The number of para-hydroxylation sites is 1. The summed E-state index contributed by atoms with van der Waals surface area (Å²) in [4.78, 5) is 11.9. The molecular formula is C24H30N2O7S. The van der Waals surface area contributed by atoms with Gasteiger partial charge in [0, 0.05) is 13.6 Å². The Morgan fingerprint density at radius 3 is 2.50 bits per heavy atom. The van der Waals surface area contributed by atoms with Gasteiger partial charge in [-0.05, 0) is 49.2 Å². The van der Waals surface area contributed by atoms with Gasteiger partial charge < -0.3 is 24.6 Å². The van der Waals surface area contributed by atoms with Gasteiger partial charge in [-0.3, -0.25) is 4.79 Å². The molecule has 1 amide bonds. The number of benzene rings is 2. The van der Waals surface area contributed by atoms with Crippen LogP contribution in [-0.4, -0.2) is 74.9 Å². The first-order valence-corrected chi connectivity index (χ1v) is 12.8. The Morgan fingerprint density at radius 1 is 1.09 bits per heavy atom. The molecule has 2 saturated heterocycles. The first kappa shape index (κ1) is 24.6. The molecule has 10 heteroatoms. The average Bonchev–Trinajstić information content (AvgIpc) is 2.82. The fourth-order valence-corrected chi connectivity index (χ4v) is 6.04. The Hall–Kier alpha value is -2.50. The first-order valence-electron chi connectivity index (χ1n) is 11.3. The fourth-order valence-electron chi connectivity index (χ4n) is 4.32. The minimum atomic E-state index is -3.94. The molecule has 2 N–H and O–H groups in total. The Balaban J connectivity index is 1.54. The SMILES string of the molecule is CNC(=O)C[C@H]1CC[C@H]2[C@@H](COC[C@H](O)CN2S(=O)(=O)c2ccc(Oc3ccccc3)cc2)O1. The summed E-state index contributed by atoms with van der Waals surface area (Å²) in [5.41, 5.74) is 0. The van der Waals surface area contributed by atoms with Gasteiger partial charge in [-0.1, -0.05) is 18.2 Å². The highest BCUT2D eigenvalue weighted by Crippen LogP contribution is 2.32. The predicted molar refractivity (Wildman–Crippen MR) is 124 cm³/mol. The second kappa shape index (κ2) is 10.8. The molecule has 184 valence electrons. The van der Waals surface area contributed by atoms with Crippen molar-refractivity contribution < 1.29 is 32.5 Å². The van der Waals surface area contributed by atoms with Gasteiger partial charge in [0.1, 0.15) is 11.5 Å². The fraction of sp³-hybridized carbons (Fsp3) is 0.458. The van der Waals surface area contributed by atoms with Crippen LogP contribution in [0.4, 0.5) is 0 Å². The van der Waals surface area contributed by atoms with E-state index in [1.807, 2.05) is 30.3 Å². The minimum Gasteiger partial charge on any atom is -0.457 e. The summed E-state index contributed by atoms with van der Waals surface area (Å²) in [5.74, 6) is 1.04. The van der Waals surface area contributed by atoms with E-state index >= 15 is 0 Å². The van der Waals surface area contributed by atoms with Gasteiger partial charge in [0.05, 0.1) is 48.9 Å². The zero-order valence-corrected chi connectivity index (χ0v) is 19.8. The second-order valence-corrected chi connectivity index (χ2v) is 10.4. The molecule has 2 aliphatic rings. The number of aliphatic hydroxyl groups is 1. The molecule has 9 nitrogen and oxygen atoms in total. The van der Waals surface area contributed by atoms with E-state index < -0.39 is 28.3 Å². The van der Waals surface area contributed by atoms with E-state index in [4.69, 9.17) is 14.2 Å². The van der Waals surface area contributed by atoms with E-state index in [1.54, 1.807) is 19.2 Å². The lowest BCUT2D eigenvalue weighted by Gasteiger charge is -2.43. The Bertz CT molecular complexity index is 1060. The number of β-amino-alcohol motifs (C(OH)–C–C–N with tert-alkyl or cyclic N) is 1. The smallest absolute Gasteiger partial charge is 0.243 e. The van der Waals surface area contributed by atoms with E-state index in [9.17, 15) is 18.3 Å². The largest absolute Gasteiger partial charge is 0.457 e. The lowest BCUT2D eigenvalue weighted by Crippen LogP contribution is -2.57. The molecule has 0 bridgehead atoms. The van der Waals surface area contributed by atoms with Gasteiger partial charge in [0.2, 0.25) is 15.9 Å². The Morgan fingerprint density at radius 2 is 1.79 bits per heavy atom. The van der Waals surface area contributed by atoms with Crippen molar-refractivity contribution in [3.05, 3.63) is 54.6 Å². The van der Waals surface area contributed by atoms with Crippen LogP contribution in [0.5, 0.6) is 11.5 Å². The predicted octanol–water partition coefficient (Wildman–Crippen LogP) is 1.91. The molecular weight excluding hydrogens is 460 g/mol. The molecule has 0 saturated carbocycles. The van der Waals surface area contributed by atoms with Crippen LogP contribution >= 0.6 is 0 Å². The van der Waals surface area contributed by atoms with E-state index in [-0.39, 0.29) is 43.1 Å². The van der Waals surface area contributed by atoms with E-state index in [0.29, 0.717) is 24.3 Å². The van der Waals surface area contributed by atoms with Crippen molar-refractivity contribution in [3.63, 3.8) is 0 Å². The number of hydrogen-bond donors (Lipinski definition) is 2. The maximum absolute atomic E-state index is 13.6. The van der Waals surface area contributed by atoms with Crippen LogP contribution in [0.1, 0.15) is 19.3 Å². The van der Waals surface area contributed by atoms with Gasteiger partial charge >= 0.3 is 0 Å². The highest BCUT2D eigenvalue weighted by molar-refractivity contribution is 7.89. The summed E-state index contributed by atoms with van der Waals surface area (Å²) in [6.07, 6.45) is -0.575. The van der Waals surface area contributed by atoms with Crippen LogP contribution < -0.4 is 10.1 Å². The average molecular weight is 491 g/mol. The third-order valence-electron chi connectivity index (χ3n) is 6.03. The van der Waals surface area contributed by atoms with Crippen LogP contribution in [0.2, 0.25) is 0 Å². The monoisotopic (exact) mass is 490 g/mol. The lowest BCUT2D eigenvalue weighted by molar-refractivity contribution is -0.146. The molecule has 4 rings (SSSR count). The number of sulfonamides is 1. The van der Waals surface area contributed by atoms with Gasteiger partial charge in [-0.25, -0.2) is 8.42 Å². The third kappa shape index (κ3) is 5.76. The van der Waals surface area contributed by atoms with Crippen LogP contribution in [0.25, 0.3) is 0 Å². The standard InChI is InChI=1S/C24H30N2O7S/c1-25-24(28)13-20-9-12-22-23(33-20)16-31-15-17(27)14-26(22)34(29,30)21-10-7-19(8-11-21)32-18-5-3-2-4-6-18/h2-8,10-11,17,20,22-23,27H,9,12-16H2,1H3,(H,25,28)/t17-,20-,22+,23-/m1/s1. The number of ether oxygens (including phenoxy) is 3. The number of rotatable bonds is 6. The second-order valence-electron chi connectivity index (χ2n) is 8.47. The highest BCUT2D eigenvalue weighted by atomic mass is 32.2. The number of carbonyl (C=O) groups is 1. The zero-order chi connectivity index (χ0) is 24.1. The summed E-state index contributed by atoms with van der Waals surface area (Å²) >= 11 is 0. The quantitative estimate of drug-likeness (QED) is 0.636. The van der Waals surface area contributed by atoms with Gasteiger partial charge in [0.15, 0.2) is 0 Å². The van der Waals surface area contributed by atoms with Crippen LogP contribution in [0.3, 0.4) is 0 Å². The van der Waals surface area contributed by atoms with E-state index in [0.717, 1.165) is 0 Å². The number of fused-ring (bicyclic) bond motifs is 1. The maximum Gasteiger partial charge on any atom is 0.243 e. The van der Waals surface area contributed by atoms with Crippen molar-refractivity contribution in [2.45, 2.75) is 48.5 Å². The molecule has 34 heavy (non-hydrogen) atoms. The molecule has 0 radical (unpaired) electrons. The molecule has 0 aliphatic carbocycles. The van der Waals surface area contributed by atoms with Crippen molar-refractivity contribution in [3.8, 4) is 11.5 Å². The summed E-state index contributed by atoms with van der Waals surface area (Å²) in [6.45, 7) is 0.0413. The Kier molecular flexibility index (Phi) is 7.84.